The van der Waals surface area contributed by atoms with Gasteiger partial charge in [-0.2, -0.15) is 0 Å². The predicted octanol–water partition coefficient (Wildman–Crippen LogP) is 3.29. The molecule has 1 aromatic rings. The Hall–Kier alpha value is -2.11. The van der Waals surface area contributed by atoms with Gasteiger partial charge in [-0.25, -0.2) is 0 Å². The van der Waals surface area contributed by atoms with Crippen molar-refractivity contribution in [3.8, 4) is 0 Å². The van der Waals surface area contributed by atoms with Crippen molar-refractivity contribution in [2.75, 3.05) is 0 Å². The third kappa shape index (κ3) is 2.78. The summed E-state index contributed by atoms with van der Waals surface area (Å²) in [6, 6.07) is 2.78. The molecule has 1 amide bonds. The van der Waals surface area contributed by atoms with Crippen molar-refractivity contribution < 1.29 is 14.1 Å². The van der Waals surface area contributed by atoms with E-state index in [1.165, 1.54) is 43.5 Å². The van der Waals surface area contributed by atoms with Gasteiger partial charge in [-0.3, -0.25) is 14.9 Å². The quantitative estimate of drug-likeness (QED) is 0.525. The molecule has 4 saturated carbocycles. The molecule has 0 aromatic carbocycles. The van der Waals surface area contributed by atoms with Crippen molar-refractivity contribution in [3.63, 3.8) is 0 Å². The highest BCUT2D eigenvalue weighted by molar-refractivity contribution is 5.92. The molecule has 122 valence electrons. The van der Waals surface area contributed by atoms with Crippen LogP contribution in [0, 0.1) is 27.9 Å². The number of rotatable bonds is 4. The fraction of sp³-hybridized carbons (Fsp3) is 0.588. The van der Waals surface area contributed by atoms with Crippen LogP contribution in [0.4, 0.5) is 5.88 Å². The first-order chi connectivity index (χ1) is 11.0. The topological polar surface area (TPSA) is 85.4 Å². The van der Waals surface area contributed by atoms with E-state index < -0.39 is 4.92 Å². The molecule has 4 fully saturated rings. The molecule has 0 saturated heterocycles. The fourth-order valence-corrected chi connectivity index (χ4v) is 5.25. The van der Waals surface area contributed by atoms with Gasteiger partial charge >= 0.3 is 5.88 Å². The first kappa shape index (κ1) is 14.5. The molecule has 1 heterocycles. The van der Waals surface area contributed by atoms with E-state index in [0.717, 1.165) is 37.0 Å². The summed E-state index contributed by atoms with van der Waals surface area (Å²) in [6.45, 7) is 0. The zero-order valence-corrected chi connectivity index (χ0v) is 12.9. The Kier molecular flexibility index (Phi) is 3.28. The Bertz CT molecular complexity index is 641. The van der Waals surface area contributed by atoms with Crippen molar-refractivity contribution in [1.29, 1.82) is 0 Å². The number of hydrogen-bond donors (Lipinski definition) is 1. The summed E-state index contributed by atoms with van der Waals surface area (Å²) in [4.78, 5) is 22.3. The minimum absolute atomic E-state index is 0.0225. The summed E-state index contributed by atoms with van der Waals surface area (Å²) in [7, 11) is 0. The second-order valence-electron chi connectivity index (χ2n) is 7.45. The van der Waals surface area contributed by atoms with Gasteiger partial charge in [-0.05, 0) is 68.4 Å². The summed E-state index contributed by atoms with van der Waals surface area (Å²) in [5.41, 5.74) is -0.0225. The van der Waals surface area contributed by atoms with Gasteiger partial charge in [0.05, 0.1) is 6.07 Å². The Morgan fingerprint density at radius 1 is 1.22 bits per heavy atom. The minimum atomic E-state index is -0.590. The number of nitro groups is 1. The standard InChI is InChI=1S/C17H20N2O4/c20-15(3-1-14-2-4-16(23-14)19(21)22)18-17-8-11-5-12(9-17)7-13(6-11)10-17/h1-4,11-13H,5-10H2,(H,18,20)/b3-1+. The minimum Gasteiger partial charge on any atom is -0.401 e. The average Bonchev–Trinajstić information content (AvgIpc) is 2.92. The van der Waals surface area contributed by atoms with Crippen molar-refractivity contribution >= 4 is 17.9 Å². The highest BCUT2D eigenvalue weighted by atomic mass is 16.6. The lowest BCUT2D eigenvalue weighted by Gasteiger charge is -2.56. The number of carbonyl (C=O) groups is 1. The molecule has 4 bridgehead atoms. The maximum Gasteiger partial charge on any atom is 0.433 e. The van der Waals surface area contributed by atoms with Gasteiger partial charge < -0.3 is 9.73 Å². The van der Waals surface area contributed by atoms with Crippen LogP contribution in [0.25, 0.3) is 6.08 Å². The first-order valence-corrected chi connectivity index (χ1v) is 8.26. The van der Waals surface area contributed by atoms with E-state index in [1.807, 2.05) is 0 Å². The van der Waals surface area contributed by atoms with E-state index in [9.17, 15) is 14.9 Å². The highest BCUT2D eigenvalue weighted by Crippen LogP contribution is 2.55. The average molecular weight is 316 g/mol. The maximum absolute atomic E-state index is 12.3. The van der Waals surface area contributed by atoms with Gasteiger partial charge in [0.25, 0.3) is 0 Å². The molecular formula is C17H20N2O4. The fourth-order valence-electron chi connectivity index (χ4n) is 5.25. The molecule has 1 aromatic heterocycles. The SMILES string of the molecule is O=C(/C=C/c1ccc([N+](=O)[O-])o1)NC12CC3CC(CC(C3)C1)C2. The second kappa shape index (κ2) is 5.22. The van der Waals surface area contributed by atoms with Gasteiger partial charge in [0.15, 0.2) is 0 Å². The molecule has 0 aliphatic heterocycles. The lowest BCUT2D eigenvalue weighted by Crippen LogP contribution is -2.59. The molecule has 0 radical (unpaired) electrons. The van der Waals surface area contributed by atoms with Crippen LogP contribution in [-0.4, -0.2) is 16.4 Å². The van der Waals surface area contributed by atoms with Gasteiger partial charge in [-0.15, -0.1) is 0 Å². The van der Waals surface area contributed by atoms with Crippen LogP contribution in [0.1, 0.15) is 44.3 Å². The lowest BCUT2D eigenvalue weighted by atomic mass is 9.53. The van der Waals surface area contributed by atoms with Crippen molar-refractivity contribution in [2.45, 2.75) is 44.1 Å². The molecule has 5 rings (SSSR count). The smallest absolute Gasteiger partial charge is 0.401 e. The van der Waals surface area contributed by atoms with E-state index in [4.69, 9.17) is 4.42 Å². The van der Waals surface area contributed by atoms with Gasteiger partial charge in [0.2, 0.25) is 5.91 Å². The Labute approximate surface area is 134 Å². The monoisotopic (exact) mass is 316 g/mol. The van der Waals surface area contributed by atoms with Crippen LogP contribution in [0.15, 0.2) is 22.6 Å². The van der Waals surface area contributed by atoms with Gasteiger partial charge in [0, 0.05) is 11.6 Å². The summed E-state index contributed by atoms with van der Waals surface area (Å²) >= 11 is 0. The number of nitrogens with zero attached hydrogens (tertiary/aromatic N) is 1. The van der Waals surface area contributed by atoms with Crippen molar-refractivity contribution in [1.82, 2.24) is 5.32 Å². The summed E-state index contributed by atoms with van der Waals surface area (Å²) in [5, 5.41) is 13.8. The number of carbonyl (C=O) groups excluding carboxylic acids is 1. The second-order valence-corrected chi connectivity index (χ2v) is 7.45. The number of amides is 1. The Balaban J connectivity index is 1.41. The van der Waals surface area contributed by atoms with Crippen LogP contribution in [-0.2, 0) is 4.79 Å². The normalized spacial score (nSPS) is 34.9. The molecule has 0 spiro atoms. The Morgan fingerprint density at radius 2 is 1.83 bits per heavy atom. The zero-order chi connectivity index (χ0) is 16.0. The summed E-state index contributed by atoms with van der Waals surface area (Å²) in [5.74, 6) is 2.20. The van der Waals surface area contributed by atoms with Crippen molar-refractivity contribution in [3.05, 3.63) is 34.1 Å². The highest BCUT2D eigenvalue weighted by Gasteiger charge is 2.51. The van der Waals surface area contributed by atoms with E-state index in [2.05, 4.69) is 5.32 Å². The molecule has 23 heavy (non-hydrogen) atoms. The van der Waals surface area contributed by atoms with Crippen LogP contribution in [0.3, 0.4) is 0 Å². The molecule has 0 unspecified atom stereocenters. The van der Waals surface area contributed by atoms with Gasteiger partial charge in [0.1, 0.15) is 10.7 Å². The third-order valence-electron chi connectivity index (χ3n) is 5.62. The van der Waals surface area contributed by atoms with E-state index >= 15 is 0 Å². The summed E-state index contributed by atoms with van der Waals surface area (Å²) < 4.78 is 5.02. The zero-order valence-electron chi connectivity index (χ0n) is 12.9. The van der Waals surface area contributed by atoms with E-state index in [0.29, 0.717) is 5.76 Å². The maximum atomic E-state index is 12.3. The lowest BCUT2D eigenvalue weighted by molar-refractivity contribution is -0.402. The van der Waals surface area contributed by atoms with Crippen molar-refractivity contribution in [2.24, 2.45) is 17.8 Å². The van der Waals surface area contributed by atoms with E-state index in [1.54, 1.807) is 0 Å². The number of hydrogen-bond acceptors (Lipinski definition) is 4. The molecule has 1 N–H and O–H groups in total. The molecule has 6 nitrogen and oxygen atoms in total. The molecular weight excluding hydrogens is 296 g/mol. The summed E-state index contributed by atoms with van der Waals surface area (Å²) in [6.07, 6.45) is 10.2. The predicted molar refractivity (Wildman–Crippen MR) is 83.4 cm³/mol. The number of nitrogens with one attached hydrogen (secondary N) is 1. The molecule has 4 aliphatic carbocycles. The molecule has 4 aliphatic rings. The van der Waals surface area contributed by atoms with Crippen LogP contribution in [0.5, 0.6) is 0 Å². The first-order valence-electron chi connectivity index (χ1n) is 8.26. The van der Waals surface area contributed by atoms with Crippen LogP contribution in [0.2, 0.25) is 0 Å². The van der Waals surface area contributed by atoms with Gasteiger partial charge in [-0.1, -0.05) is 0 Å². The molecule has 0 atom stereocenters. The molecule has 6 heteroatoms. The van der Waals surface area contributed by atoms with E-state index in [-0.39, 0.29) is 17.3 Å². The Morgan fingerprint density at radius 3 is 2.35 bits per heavy atom. The third-order valence-corrected chi connectivity index (χ3v) is 5.62. The number of furan rings is 1. The van der Waals surface area contributed by atoms with Crippen LogP contribution < -0.4 is 5.32 Å². The largest absolute Gasteiger partial charge is 0.433 e. The van der Waals surface area contributed by atoms with Crippen LogP contribution >= 0.6 is 0 Å².